The molecule has 1 amide bonds. The highest BCUT2D eigenvalue weighted by Crippen LogP contribution is 2.34. The maximum absolute atomic E-state index is 13.7. The summed E-state index contributed by atoms with van der Waals surface area (Å²) < 4.78 is 53.2. The van der Waals surface area contributed by atoms with Gasteiger partial charge in [-0.3, -0.25) is 4.79 Å². The number of rotatable bonds is 9. The molecule has 2 aromatic heterocycles. The van der Waals surface area contributed by atoms with Crippen LogP contribution >= 0.6 is 0 Å². The van der Waals surface area contributed by atoms with Gasteiger partial charge in [0.2, 0.25) is 0 Å². The van der Waals surface area contributed by atoms with Crippen molar-refractivity contribution < 1.29 is 27.4 Å². The third kappa shape index (κ3) is 7.13. The summed E-state index contributed by atoms with van der Waals surface area (Å²) >= 11 is 0. The minimum absolute atomic E-state index is 0.0431. The van der Waals surface area contributed by atoms with Gasteiger partial charge in [0.1, 0.15) is 24.7 Å². The van der Waals surface area contributed by atoms with Crippen LogP contribution in [0, 0.1) is 0 Å². The Hall–Kier alpha value is -4.40. The van der Waals surface area contributed by atoms with Gasteiger partial charge in [0, 0.05) is 61.8 Å². The van der Waals surface area contributed by atoms with Gasteiger partial charge in [-0.25, -0.2) is 9.50 Å². The number of likely N-dealkylation sites (N-methyl/N-ethyl adjacent to an activating group) is 1. The Morgan fingerprint density at radius 2 is 1.49 bits per heavy atom. The van der Waals surface area contributed by atoms with Gasteiger partial charge in [-0.15, -0.1) is 5.10 Å². The number of hydrogen-bond donors (Lipinski definition) is 2. The fourth-order valence-corrected chi connectivity index (χ4v) is 5.30. The first-order chi connectivity index (χ1) is 21.8. The van der Waals surface area contributed by atoms with Gasteiger partial charge in [-0.05, 0) is 67.7 Å². The number of nitrogens with zero attached hydrogens (tertiary/aromatic N) is 6. The van der Waals surface area contributed by atoms with Gasteiger partial charge >= 0.3 is 6.18 Å². The Morgan fingerprint density at radius 3 is 2.11 bits per heavy atom. The zero-order chi connectivity index (χ0) is 31.4. The molecule has 2 fully saturated rings. The Bertz CT molecular complexity index is 1600. The van der Waals surface area contributed by atoms with Crippen LogP contribution in [0.25, 0.3) is 16.9 Å². The highest BCUT2D eigenvalue weighted by Gasteiger charge is 2.35. The van der Waals surface area contributed by atoms with Crippen molar-refractivity contribution in [1.29, 1.82) is 0 Å². The zero-order valence-corrected chi connectivity index (χ0v) is 24.9. The SMILES string of the molecule is CN1CCN(C(=O)c2ccc(NCOCNc3ccc(-c4nc(N5CCOCC5)c5ccc(C(F)(F)F)n5n4)cc3)cc2)CC1. The summed E-state index contributed by atoms with van der Waals surface area (Å²) in [5.74, 6) is 0.675. The van der Waals surface area contributed by atoms with E-state index in [0.29, 0.717) is 48.8 Å². The Balaban J connectivity index is 1.04. The summed E-state index contributed by atoms with van der Waals surface area (Å²) in [7, 11) is 2.06. The van der Waals surface area contributed by atoms with Crippen molar-refractivity contribution in [3.05, 3.63) is 71.9 Å². The molecule has 0 spiro atoms. The molecule has 6 rings (SSSR count). The van der Waals surface area contributed by atoms with Crippen LogP contribution in [0.5, 0.6) is 0 Å². The maximum atomic E-state index is 13.7. The number of hydrogen-bond acceptors (Lipinski definition) is 9. The molecule has 0 unspecified atom stereocenters. The van der Waals surface area contributed by atoms with E-state index in [0.717, 1.165) is 48.1 Å². The van der Waals surface area contributed by atoms with E-state index < -0.39 is 11.9 Å². The minimum atomic E-state index is -4.56. The Kier molecular flexibility index (Phi) is 9.05. The van der Waals surface area contributed by atoms with Crippen molar-refractivity contribution in [1.82, 2.24) is 24.4 Å². The molecular formula is C31H35F3N8O3. The van der Waals surface area contributed by atoms with Crippen LogP contribution in [0.4, 0.5) is 30.4 Å². The summed E-state index contributed by atoms with van der Waals surface area (Å²) in [5, 5.41) is 10.6. The molecule has 0 atom stereocenters. The summed E-state index contributed by atoms with van der Waals surface area (Å²) in [6.45, 7) is 5.67. The molecule has 0 saturated carbocycles. The molecule has 11 nitrogen and oxygen atoms in total. The first kappa shape index (κ1) is 30.6. The predicted molar refractivity (Wildman–Crippen MR) is 164 cm³/mol. The number of benzene rings is 2. The van der Waals surface area contributed by atoms with E-state index in [9.17, 15) is 18.0 Å². The summed E-state index contributed by atoms with van der Waals surface area (Å²) in [6, 6.07) is 16.9. The molecule has 45 heavy (non-hydrogen) atoms. The smallest absolute Gasteiger partial charge is 0.378 e. The predicted octanol–water partition coefficient (Wildman–Crippen LogP) is 4.09. The highest BCUT2D eigenvalue weighted by molar-refractivity contribution is 5.94. The number of piperazine rings is 1. The highest BCUT2D eigenvalue weighted by atomic mass is 19.4. The van der Waals surface area contributed by atoms with E-state index in [-0.39, 0.29) is 25.2 Å². The quantitative estimate of drug-likeness (QED) is 0.211. The van der Waals surface area contributed by atoms with E-state index in [1.807, 2.05) is 34.1 Å². The second-order valence-electron chi connectivity index (χ2n) is 11.0. The van der Waals surface area contributed by atoms with Crippen LogP contribution in [0.1, 0.15) is 16.1 Å². The van der Waals surface area contributed by atoms with E-state index in [1.54, 1.807) is 24.3 Å². The van der Waals surface area contributed by atoms with Crippen molar-refractivity contribution in [2.75, 3.05) is 88.5 Å². The van der Waals surface area contributed by atoms with Crippen molar-refractivity contribution in [2.45, 2.75) is 6.18 Å². The number of amides is 1. The van der Waals surface area contributed by atoms with E-state index >= 15 is 0 Å². The van der Waals surface area contributed by atoms with Crippen LogP contribution in [-0.4, -0.2) is 103 Å². The molecule has 2 aromatic carbocycles. The molecule has 14 heteroatoms. The average Bonchev–Trinajstić information content (AvgIpc) is 3.50. The summed E-state index contributed by atoms with van der Waals surface area (Å²) in [6.07, 6.45) is -4.56. The zero-order valence-electron chi connectivity index (χ0n) is 24.9. The lowest BCUT2D eigenvalue weighted by Gasteiger charge is -2.32. The van der Waals surface area contributed by atoms with Crippen molar-refractivity contribution in [3.63, 3.8) is 0 Å². The number of nitrogens with one attached hydrogen (secondary N) is 2. The monoisotopic (exact) mass is 624 g/mol. The Morgan fingerprint density at radius 1 is 0.867 bits per heavy atom. The number of anilines is 3. The fraction of sp³-hybridized carbons (Fsp3) is 0.387. The standard InChI is InChI=1S/C31H35F3N8O3/c1-39-12-14-41(15-13-39)30(43)23-4-8-25(9-5-23)36-21-45-20-35-24-6-2-22(3-7-24)28-37-29(40-16-18-44-19-17-40)26-10-11-27(31(32,33)34)42(26)38-28/h2-11,35-36H,12-21H2,1H3. The van der Waals surface area contributed by atoms with Crippen LogP contribution in [0.2, 0.25) is 0 Å². The molecule has 2 saturated heterocycles. The number of carbonyl (C=O) groups excluding carboxylic acids is 1. The van der Waals surface area contributed by atoms with E-state index in [2.05, 4.69) is 32.7 Å². The number of aromatic nitrogens is 3. The van der Waals surface area contributed by atoms with Crippen molar-refractivity contribution >= 4 is 28.6 Å². The van der Waals surface area contributed by atoms with Gasteiger partial charge in [-0.1, -0.05) is 0 Å². The molecule has 4 heterocycles. The number of morpholine rings is 1. The van der Waals surface area contributed by atoms with E-state index in [4.69, 9.17) is 9.47 Å². The van der Waals surface area contributed by atoms with Crippen molar-refractivity contribution in [2.24, 2.45) is 0 Å². The average molecular weight is 625 g/mol. The molecular weight excluding hydrogens is 589 g/mol. The molecule has 2 N–H and O–H groups in total. The second-order valence-corrected chi connectivity index (χ2v) is 11.0. The van der Waals surface area contributed by atoms with Gasteiger partial charge < -0.3 is 34.8 Å². The topological polar surface area (TPSA) is 99.5 Å². The normalized spacial score (nSPS) is 16.3. The van der Waals surface area contributed by atoms with Crippen molar-refractivity contribution in [3.8, 4) is 11.4 Å². The van der Waals surface area contributed by atoms with E-state index in [1.165, 1.54) is 6.07 Å². The number of halogens is 3. The second kappa shape index (κ2) is 13.3. The fourth-order valence-electron chi connectivity index (χ4n) is 5.30. The third-order valence-electron chi connectivity index (χ3n) is 7.91. The van der Waals surface area contributed by atoms with Gasteiger partial charge in [0.15, 0.2) is 11.6 Å². The summed E-state index contributed by atoms with van der Waals surface area (Å²) in [4.78, 5) is 23.4. The molecule has 0 radical (unpaired) electrons. The van der Waals surface area contributed by atoms with Gasteiger partial charge in [0.05, 0.1) is 13.2 Å². The Labute approximate surface area is 258 Å². The number of alkyl halides is 3. The number of carbonyl (C=O) groups is 1. The lowest BCUT2D eigenvalue weighted by molar-refractivity contribution is -0.142. The number of ether oxygens (including phenoxy) is 2. The molecule has 0 bridgehead atoms. The first-order valence-corrected chi connectivity index (χ1v) is 14.8. The van der Waals surface area contributed by atoms with Crippen LogP contribution < -0.4 is 15.5 Å². The molecule has 2 aliphatic rings. The molecule has 0 aliphatic carbocycles. The lowest BCUT2D eigenvalue weighted by Crippen LogP contribution is -2.47. The molecule has 4 aromatic rings. The number of fused-ring (bicyclic) bond motifs is 1. The largest absolute Gasteiger partial charge is 0.433 e. The van der Waals surface area contributed by atoms with Crippen LogP contribution in [-0.2, 0) is 15.7 Å². The third-order valence-corrected chi connectivity index (χ3v) is 7.91. The van der Waals surface area contributed by atoms with Crippen LogP contribution in [0.3, 0.4) is 0 Å². The molecule has 238 valence electrons. The van der Waals surface area contributed by atoms with Gasteiger partial charge in [0.25, 0.3) is 5.91 Å². The lowest BCUT2D eigenvalue weighted by atomic mass is 10.1. The summed E-state index contributed by atoms with van der Waals surface area (Å²) in [5.41, 5.74) is 2.28. The maximum Gasteiger partial charge on any atom is 0.433 e. The van der Waals surface area contributed by atoms with Crippen LogP contribution in [0.15, 0.2) is 60.7 Å². The molecule has 2 aliphatic heterocycles. The van der Waals surface area contributed by atoms with Gasteiger partial charge in [-0.2, -0.15) is 13.2 Å². The first-order valence-electron chi connectivity index (χ1n) is 14.8. The minimum Gasteiger partial charge on any atom is -0.378 e.